The number of thiol groups is 1. The lowest BCUT2D eigenvalue weighted by Crippen LogP contribution is -2.35. The van der Waals surface area contributed by atoms with Crippen LogP contribution in [0.1, 0.15) is 25.7 Å². The van der Waals surface area contributed by atoms with Crippen LogP contribution >= 0.6 is 12.6 Å². The molecule has 0 bridgehead atoms. The fraction of sp³-hybridized carbons (Fsp3) is 0.600. The molecule has 0 aliphatic heterocycles. The molecule has 0 amide bonds. The molecule has 0 radical (unpaired) electrons. The van der Waals surface area contributed by atoms with Crippen LogP contribution in [0.3, 0.4) is 0 Å². The number of methoxy groups -OCH3 is 1. The van der Waals surface area contributed by atoms with Gasteiger partial charge in [-0.25, -0.2) is 0 Å². The van der Waals surface area contributed by atoms with E-state index in [9.17, 15) is 0 Å². The Labute approximate surface area is 116 Å². The normalized spacial score (nSPS) is 17.7. The van der Waals surface area contributed by atoms with Gasteiger partial charge < -0.3 is 9.64 Å². The van der Waals surface area contributed by atoms with Gasteiger partial charge in [0.2, 0.25) is 0 Å². The molecule has 3 heteroatoms. The van der Waals surface area contributed by atoms with Crippen LogP contribution in [0.25, 0.3) is 0 Å². The van der Waals surface area contributed by atoms with E-state index in [1.54, 1.807) is 7.11 Å². The summed E-state index contributed by atoms with van der Waals surface area (Å²) in [7, 11) is 3.88. The van der Waals surface area contributed by atoms with Crippen molar-refractivity contribution in [2.24, 2.45) is 5.41 Å². The van der Waals surface area contributed by atoms with Crippen LogP contribution in [0.2, 0.25) is 0 Å². The minimum Gasteiger partial charge on any atom is -0.497 e. The lowest BCUT2D eigenvalue weighted by Gasteiger charge is -2.33. The van der Waals surface area contributed by atoms with E-state index in [0.717, 1.165) is 18.0 Å². The summed E-state index contributed by atoms with van der Waals surface area (Å²) in [6.07, 6.45) is 5.33. The fourth-order valence-electron chi connectivity index (χ4n) is 2.93. The highest BCUT2D eigenvalue weighted by Gasteiger charge is 2.33. The van der Waals surface area contributed by atoms with Crippen molar-refractivity contribution in [3.63, 3.8) is 0 Å². The number of anilines is 1. The van der Waals surface area contributed by atoms with Crippen LogP contribution in [0.4, 0.5) is 5.69 Å². The van der Waals surface area contributed by atoms with Crippen molar-refractivity contribution in [1.82, 2.24) is 0 Å². The van der Waals surface area contributed by atoms with Gasteiger partial charge in [0.15, 0.2) is 0 Å². The zero-order chi connectivity index (χ0) is 13.0. The summed E-state index contributed by atoms with van der Waals surface area (Å²) in [6.45, 7) is 1.09. The molecule has 0 atom stereocenters. The molecule has 1 aliphatic carbocycles. The Hall–Kier alpha value is -0.830. The Morgan fingerprint density at radius 2 is 2.06 bits per heavy atom. The smallest absolute Gasteiger partial charge is 0.120 e. The third-order valence-corrected chi connectivity index (χ3v) is 4.74. The maximum Gasteiger partial charge on any atom is 0.120 e. The molecule has 2 nitrogen and oxygen atoms in total. The molecule has 1 aromatic rings. The predicted octanol–water partition coefficient (Wildman–Crippen LogP) is 3.62. The monoisotopic (exact) mass is 265 g/mol. The van der Waals surface area contributed by atoms with Crippen molar-refractivity contribution in [1.29, 1.82) is 0 Å². The summed E-state index contributed by atoms with van der Waals surface area (Å²) < 4.78 is 5.28. The van der Waals surface area contributed by atoms with Crippen molar-refractivity contribution in [2.45, 2.75) is 25.7 Å². The number of hydrogen-bond donors (Lipinski definition) is 1. The molecule has 0 heterocycles. The van der Waals surface area contributed by atoms with E-state index in [-0.39, 0.29) is 0 Å². The zero-order valence-corrected chi connectivity index (χ0v) is 12.2. The molecule has 0 spiro atoms. The number of hydrogen-bond acceptors (Lipinski definition) is 3. The van der Waals surface area contributed by atoms with Gasteiger partial charge in [-0.3, -0.25) is 0 Å². The van der Waals surface area contributed by atoms with E-state index in [4.69, 9.17) is 4.74 Å². The quantitative estimate of drug-likeness (QED) is 0.816. The number of nitrogens with zero attached hydrogens (tertiary/aromatic N) is 1. The third-order valence-electron chi connectivity index (χ3n) is 4.07. The molecule has 1 fully saturated rings. The maximum atomic E-state index is 5.28. The second-order valence-corrected chi connectivity index (χ2v) is 5.74. The van der Waals surface area contributed by atoms with Gasteiger partial charge in [0.25, 0.3) is 0 Å². The van der Waals surface area contributed by atoms with Gasteiger partial charge in [-0.2, -0.15) is 12.6 Å². The van der Waals surface area contributed by atoms with E-state index in [2.05, 4.69) is 36.7 Å². The highest BCUT2D eigenvalue weighted by molar-refractivity contribution is 7.80. The minimum absolute atomic E-state index is 0.404. The standard InChI is InChI=1S/C15H23NOS/c1-16(11-15(12-18)8-3-4-9-15)13-6-5-7-14(10-13)17-2/h5-7,10,18H,3-4,8-9,11-12H2,1-2H3. The van der Waals surface area contributed by atoms with Gasteiger partial charge in [0, 0.05) is 25.3 Å². The first-order valence-corrected chi connectivity index (χ1v) is 7.28. The molecule has 2 rings (SSSR count). The number of benzene rings is 1. The van der Waals surface area contributed by atoms with Crippen LogP contribution in [-0.2, 0) is 0 Å². The predicted molar refractivity (Wildman–Crippen MR) is 81.0 cm³/mol. The molecule has 1 aromatic carbocycles. The van der Waals surface area contributed by atoms with Crippen LogP contribution in [0.5, 0.6) is 5.75 Å². The Bertz CT molecular complexity index is 388. The van der Waals surface area contributed by atoms with Gasteiger partial charge in [-0.1, -0.05) is 18.9 Å². The second-order valence-electron chi connectivity index (χ2n) is 5.42. The Morgan fingerprint density at radius 3 is 2.67 bits per heavy atom. The van der Waals surface area contributed by atoms with E-state index >= 15 is 0 Å². The third kappa shape index (κ3) is 2.94. The first-order chi connectivity index (χ1) is 8.69. The molecule has 1 aliphatic rings. The van der Waals surface area contributed by atoms with Gasteiger partial charge >= 0.3 is 0 Å². The van der Waals surface area contributed by atoms with Crippen LogP contribution < -0.4 is 9.64 Å². The molecule has 0 saturated heterocycles. The maximum absolute atomic E-state index is 5.28. The molecule has 100 valence electrons. The van der Waals surface area contributed by atoms with Gasteiger partial charge in [0.05, 0.1) is 7.11 Å². The lowest BCUT2D eigenvalue weighted by atomic mass is 9.88. The van der Waals surface area contributed by atoms with Gasteiger partial charge in [-0.15, -0.1) is 0 Å². The Kier molecular flexibility index (Phi) is 4.44. The molecule has 0 N–H and O–H groups in total. The van der Waals surface area contributed by atoms with Crippen molar-refractivity contribution in [3.05, 3.63) is 24.3 Å². The number of ether oxygens (including phenoxy) is 1. The SMILES string of the molecule is COc1cccc(N(C)CC2(CS)CCCC2)c1. The average molecular weight is 265 g/mol. The summed E-state index contributed by atoms with van der Waals surface area (Å²) >= 11 is 4.58. The highest BCUT2D eigenvalue weighted by atomic mass is 32.1. The number of rotatable bonds is 5. The molecule has 18 heavy (non-hydrogen) atoms. The summed E-state index contributed by atoms with van der Waals surface area (Å²) in [4.78, 5) is 2.34. The van der Waals surface area contributed by atoms with E-state index < -0.39 is 0 Å². The van der Waals surface area contributed by atoms with Crippen molar-refractivity contribution >= 4 is 18.3 Å². The summed E-state index contributed by atoms with van der Waals surface area (Å²) in [6, 6.07) is 8.28. The molecular formula is C15H23NOS. The first-order valence-electron chi connectivity index (χ1n) is 6.65. The van der Waals surface area contributed by atoms with Crippen molar-refractivity contribution in [3.8, 4) is 5.75 Å². The largest absolute Gasteiger partial charge is 0.497 e. The van der Waals surface area contributed by atoms with Crippen molar-refractivity contribution < 1.29 is 4.74 Å². The Balaban J connectivity index is 2.08. The molecule has 0 aromatic heterocycles. The summed E-state index contributed by atoms with van der Waals surface area (Å²) in [5.41, 5.74) is 1.63. The van der Waals surface area contributed by atoms with E-state index in [0.29, 0.717) is 5.41 Å². The molecule has 1 saturated carbocycles. The fourth-order valence-corrected chi connectivity index (χ4v) is 3.35. The summed E-state index contributed by atoms with van der Waals surface area (Å²) in [5.74, 6) is 1.91. The lowest BCUT2D eigenvalue weighted by molar-refractivity contribution is 0.353. The topological polar surface area (TPSA) is 12.5 Å². The van der Waals surface area contributed by atoms with Crippen LogP contribution in [0, 0.1) is 5.41 Å². The highest BCUT2D eigenvalue weighted by Crippen LogP contribution is 2.40. The van der Waals surface area contributed by atoms with Gasteiger partial charge in [0.1, 0.15) is 5.75 Å². The summed E-state index contributed by atoms with van der Waals surface area (Å²) in [5, 5.41) is 0. The second kappa shape index (κ2) is 5.87. The van der Waals surface area contributed by atoms with Gasteiger partial charge in [-0.05, 0) is 36.1 Å². The minimum atomic E-state index is 0.404. The molecular weight excluding hydrogens is 242 g/mol. The van der Waals surface area contributed by atoms with E-state index in [1.165, 1.54) is 31.4 Å². The average Bonchev–Trinajstić information content (AvgIpc) is 2.88. The zero-order valence-electron chi connectivity index (χ0n) is 11.4. The Morgan fingerprint density at radius 1 is 1.33 bits per heavy atom. The van der Waals surface area contributed by atoms with Crippen molar-refractivity contribution in [2.75, 3.05) is 31.4 Å². The first kappa shape index (κ1) is 13.6. The van der Waals surface area contributed by atoms with E-state index in [1.807, 2.05) is 12.1 Å². The van der Waals surface area contributed by atoms with Crippen LogP contribution in [0.15, 0.2) is 24.3 Å². The molecule has 0 unspecified atom stereocenters. The van der Waals surface area contributed by atoms with Crippen LogP contribution in [-0.4, -0.2) is 26.5 Å².